The average Bonchev–Trinajstić information content (AvgIpc) is 2.88. The fourth-order valence-corrected chi connectivity index (χ4v) is 2.13. The largest absolute Gasteiger partial charge is 0.457 e. The molecule has 102 valence electrons. The summed E-state index contributed by atoms with van der Waals surface area (Å²) in [5, 5.41) is 2.65. The molecule has 1 aliphatic heterocycles. The van der Waals surface area contributed by atoms with E-state index in [2.05, 4.69) is 5.32 Å². The van der Waals surface area contributed by atoms with E-state index in [0.717, 1.165) is 17.1 Å². The van der Waals surface area contributed by atoms with E-state index in [1.54, 1.807) is 0 Å². The van der Waals surface area contributed by atoms with E-state index >= 15 is 0 Å². The molecule has 1 atom stereocenters. The fraction of sp³-hybridized carbons (Fsp3) is 0.188. The van der Waals surface area contributed by atoms with Crippen LogP contribution in [0.3, 0.4) is 0 Å². The van der Waals surface area contributed by atoms with Gasteiger partial charge in [-0.1, -0.05) is 30.3 Å². The number of alkyl carbamates (subject to hydrolysis) is 1. The Balaban J connectivity index is 1.61. The number of para-hydroxylation sites is 1. The predicted molar refractivity (Wildman–Crippen MR) is 74.9 cm³/mol. The molecule has 0 radical (unpaired) electrons. The topological polar surface area (TPSA) is 47.6 Å². The number of rotatable bonds is 4. The first-order valence-electron chi connectivity index (χ1n) is 6.56. The van der Waals surface area contributed by atoms with Crippen LogP contribution in [-0.2, 0) is 11.2 Å². The Labute approximate surface area is 117 Å². The van der Waals surface area contributed by atoms with E-state index in [4.69, 9.17) is 9.47 Å². The van der Waals surface area contributed by atoms with Crippen LogP contribution < -0.4 is 10.1 Å². The number of benzene rings is 2. The number of ether oxygens (including phenoxy) is 2. The normalized spacial score (nSPS) is 17.4. The lowest BCUT2D eigenvalue weighted by atomic mass is 10.1. The van der Waals surface area contributed by atoms with Crippen LogP contribution in [0.25, 0.3) is 0 Å². The molecule has 4 nitrogen and oxygen atoms in total. The molecule has 20 heavy (non-hydrogen) atoms. The second kappa shape index (κ2) is 5.65. The van der Waals surface area contributed by atoms with Crippen LogP contribution in [0.1, 0.15) is 5.56 Å². The van der Waals surface area contributed by atoms with Gasteiger partial charge in [-0.25, -0.2) is 4.79 Å². The maximum atomic E-state index is 10.9. The highest BCUT2D eigenvalue weighted by Crippen LogP contribution is 2.21. The highest BCUT2D eigenvalue weighted by atomic mass is 16.6. The summed E-state index contributed by atoms with van der Waals surface area (Å²) in [4.78, 5) is 10.9. The first-order chi connectivity index (χ1) is 9.79. The molecular formula is C16H15NO3. The Morgan fingerprint density at radius 2 is 1.75 bits per heavy atom. The summed E-state index contributed by atoms with van der Waals surface area (Å²) in [5.41, 5.74) is 1.12. The van der Waals surface area contributed by atoms with Gasteiger partial charge in [-0.05, 0) is 29.8 Å². The van der Waals surface area contributed by atoms with Crippen molar-refractivity contribution in [2.75, 3.05) is 6.54 Å². The minimum absolute atomic E-state index is 0.0802. The van der Waals surface area contributed by atoms with Gasteiger partial charge < -0.3 is 14.8 Å². The number of carbonyl (C=O) groups excluding carboxylic acids is 1. The molecule has 1 unspecified atom stereocenters. The minimum Gasteiger partial charge on any atom is -0.457 e. The van der Waals surface area contributed by atoms with Crippen molar-refractivity contribution in [1.82, 2.24) is 5.32 Å². The number of hydrogen-bond donors (Lipinski definition) is 1. The SMILES string of the molecule is O=C1NCC(Cc2ccc(Oc3ccccc3)cc2)O1. The van der Waals surface area contributed by atoms with E-state index in [-0.39, 0.29) is 12.2 Å². The van der Waals surface area contributed by atoms with Gasteiger partial charge >= 0.3 is 6.09 Å². The lowest BCUT2D eigenvalue weighted by Crippen LogP contribution is -2.16. The van der Waals surface area contributed by atoms with Crippen LogP contribution in [0.2, 0.25) is 0 Å². The standard InChI is InChI=1S/C16H15NO3/c18-16-17-11-15(20-16)10-12-6-8-14(9-7-12)19-13-4-2-1-3-5-13/h1-9,15H,10-11H2,(H,17,18). The Morgan fingerprint density at radius 3 is 2.40 bits per heavy atom. The predicted octanol–water partition coefficient (Wildman–Crippen LogP) is 3.13. The van der Waals surface area contributed by atoms with Gasteiger partial charge in [-0.3, -0.25) is 0 Å². The van der Waals surface area contributed by atoms with Crippen molar-refractivity contribution in [3.63, 3.8) is 0 Å². The zero-order valence-corrected chi connectivity index (χ0v) is 10.9. The summed E-state index contributed by atoms with van der Waals surface area (Å²) < 4.78 is 10.8. The molecule has 1 N–H and O–H groups in total. The maximum Gasteiger partial charge on any atom is 0.407 e. The third kappa shape index (κ3) is 3.09. The molecule has 1 amide bonds. The van der Waals surface area contributed by atoms with Crippen LogP contribution >= 0.6 is 0 Å². The molecule has 0 spiro atoms. The Morgan fingerprint density at radius 1 is 1.05 bits per heavy atom. The van der Waals surface area contributed by atoms with Crippen molar-refractivity contribution in [1.29, 1.82) is 0 Å². The third-order valence-electron chi connectivity index (χ3n) is 3.11. The molecular weight excluding hydrogens is 254 g/mol. The second-order valence-corrected chi connectivity index (χ2v) is 4.67. The lowest BCUT2D eigenvalue weighted by Gasteiger charge is -2.09. The van der Waals surface area contributed by atoms with Crippen LogP contribution in [0.4, 0.5) is 4.79 Å². The summed E-state index contributed by atoms with van der Waals surface area (Å²) in [7, 11) is 0. The average molecular weight is 269 g/mol. The van der Waals surface area contributed by atoms with E-state index in [9.17, 15) is 4.79 Å². The van der Waals surface area contributed by atoms with Gasteiger partial charge in [-0.15, -0.1) is 0 Å². The molecule has 3 rings (SSSR count). The lowest BCUT2D eigenvalue weighted by molar-refractivity contribution is 0.140. The van der Waals surface area contributed by atoms with E-state index in [1.807, 2.05) is 54.6 Å². The zero-order valence-electron chi connectivity index (χ0n) is 10.9. The van der Waals surface area contributed by atoms with Crippen LogP contribution in [0, 0.1) is 0 Å². The molecule has 2 aromatic rings. The van der Waals surface area contributed by atoms with Crippen molar-refractivity contribution >= 4 is 6.09 Å². The molecule has 1 aliphatic rings. The Kier molecular flexibility index (Phi) is 3.54. The highest BCUT2D eigenvalue weighted by Gasteiger charge is 2.22. The molecule has 0 bridgehead atoms. The van der Waals surface area contributed by atoms with Gasteiger partial charge in [-0.2, -0.15) is 0 Å². The summed E-state index contributed by atoms with van der Waals surface area (Å²) >= 11 is 0. The molecule has 1 saturated heterocycles. The number of hydrogen-bond acceptors (Lipinski definition) is 3. The van der Waals surface area contributed by atoms with Crippen molar-refractivity contribution in [3.05, 3.63) is 60.2 Å². The first-order valence-corrected chi connectivity index (χ1v) is 6.56. The fourth-order valence-electron chi connectivity index (χ4n) is 2.13. The number of amides is 1. The molecule has 1 fully saturated rings. The molecule has 0 aromatic heterocycles. The Bertz CT molecular complexity index is 580. The number of nitrogens with one attached hydrogen (secondary N) is 1. The van der Waals surface area contributed by atoms with Gasteiger partial charge in [0.05, 0.1) is 6.54 Å². The smallest absolute Gasteiger partial charge is 0.407 e. The van der Waals surface area contributed by atoms with Gasteiger partial charge in [0.1, 0.15) is 17.6 Å². The maximum absolute atomic E-state index is 10.9. The van der Waals surface area contributed by atoms with Crippen molar-refractivity contribution in [2.45, 2.75) is 12.5 Å². The monoisotopic (exact) mass is 269 g/mol. The van der Waals surface area contributed by atoms with Gasteiger partial charge in [0.25, 0.3) is 0 Å². The quantitative estimate of drug-likeness (QED) is 0.927. The molecule has 0 aliphatic carbocycles. The molecule has 4 heteroatoms. The van der Waals surface area contributed by atoms with E-state index in [0.29, 0.717) is 13.0 Å². The molecule has 1 heterocycles. The zero-order chi connectivity index (χ0) is 13.8. The summed E-state index contributed by atoms with van der Waals surface area (Å²) in [6.45, 7) is 0.571. The highest BCUT2D eigenvalue weighted by molar-refractivity contribution is 5.69. The van der Waals surface area contributed by atoms with Gasteiger partial charge in [0.15, 0.2) is 0 Å². The van der Waals surface area contributed by atoms with Crippen LogP contribution in [0.15, 0.2) is 54.6 Å². The summed E-state index contributed by atoms with van der Waals surface area (Å²) in [6.07, 6.45) is 0.298. The Hall–Kier alpha value is -2.49. The second-order valence-electron chi connectivity index (χ2n) is 4.67. The third-order valence-corrected chi connectivity index (χ3v) is 3.11. The van der Waals surface area contributed by atoms with Crippen molar-refractivity contribution in [3.8, 4) is 11.5 Å². The van der Waals surface area contributed by atoms with Crippen LogP contribution in [0.5, 0.6) is 11.5 Å². The van der Waals surface area contributed by atoms with E-state index < -0.39 is 0 Å². The van der Waals surface area contributed by atoms with Crippen molar-refractivity contribution < 1.29 is 14.3 Å². The number of cyclic esters (lactones) is 1. The van der Waals surface area contributed by atoms with Crippen LogP contribution in [-0.4, -0.2) is 18.7 Å². The van der Waals surface area contributed by atoms with E-state index in [1.165, 1.54) is 0 Å². The molecule has 0 saturated carbocycles. The summed E-state index contributed by atoms with van der Waals surface area (Å²) in [5.74, 6) is 1.61. The summed E-state index contributed by atoms with van der Waals surface area (Å²) in [6, 6.07) is 17.5. The number of carbonyl (C=O) groups is 1. The first kappa shape index (κ1) is 12.5. The van der Waals surface area contributed by atoms with Crippen molar-refractivity contribution in [2.24, 2.45) is 0 Å². The van der Waals surface area contributed by atoms with Gasteiger partial charge in [0.2, 0.25) is 0 Å². The van der Waals surface area contributed by atoms with Gasteiger partial charge in [0, 0.05) is 6.42 Å². The molecule has 2 aromatic carbocycles. The minimum atomic E-state index is -0.334.